The van der Waals surface area contributed by atoms with Crippen molar-refractivity contribution in [2.45, 2.75) is 61.7 Å². The molecule has 5 nitrogen and oxygen atoms in total. The average molecular weight is 585 g/mol. The topological polar surface area (TPSA) is 75.3 Å². The third-order valence-electron chi connectivity index (χ3n) is 7.92. The maximum absolute atomic E-state index is 14.3. The second-order valence-electron chi connectivity index (χ2n) is 10.9. The van der Waals surface area contributed by atoms with Crippen LogP contribution >= 0.6 is 7.92 Å². The van der Waals surface area contributed by atoms with E-state index in [1.165, 1.54) is 10.6 Å². The van der Waals surface area contributed by atoms with Crippen molar-refractivity contribution in [3.8, 4) is 0 Å². The number of amides is 1. The summed E-state index contributed by atoms with van der Waals surface area (Å²) in [4.78, 5) is 14.4. The fourth-order valence-electron chi connectivity index (χ4n) is 5.66. The third-order valence-corrected chi connectivity index (χ3v) is 12.5. The van der Waals surface area contributed by atoms with E-state index in [2.05, 4.69) is 58.6 Å². The van der Waals surface area contributed by atoms with Crippen molar-refractivity contribution < 1.29 is 13.2 Å². The number of rotatable bonds is 9. The Labute approximate surface area is 245 Å². The van der Waals surface area contributed by atoms with Crippen LogP contribution in [-0.2, 0) is 20.4 Å². The Kier molecular flexibility index (Phi) is 9.03. The SMILES string of the molecule is Cc1ccc(S(=O)(=O)N[C@](C)(C(=O)N[C@@H]2CCCC[C@H]2P(c2ccccc2)c2ccccc2)c2ccccc2)cc1. The lowest BCUT2D eigenvalue weighted by atomic mass is 9.90. The fourth-order valence-corrected chi connectivity index (χ4v) is 10.1. The number of carbonyl (C=O) groups is 1. The molecule has 1 fully saturated rings. The van der Waals surface area contributed by atoms with Crippen LogP contribution in [0.5, 0.6) is 0 Å². The second-order valence-corrected chi connectivity index (χ2v) is 15.0. The quantitative estimate of drug-likeness (QED) is 0.246. The van der Waals surface area contributed by atoms with Crippen LogP contribution in [0.1, 0.15) is 43.7 Å². The van der Waals surface area contributed by atoms with Crippen LogP contribution in [0.3, 0.4) is 0 Å². The molecule has 2 N–H and O–H groups in total. The first-order valence-corrected chi connectivity index (χ1v) is 17.0. The predicted molar refractivity (Wildman–Crippen MR) is 169 cm³/mol. The van der Waals surface area contributed by atoms with Crippen LogP contribution in [-0.4, -0.2) is 26.0 Å². The van der Waals surface area contributed by atoms with Gasteiger partial charge in [0.1, 0.15) is 5.54 Å². The van der Waals surface area contributed by atoms with E-state index in [0.29, 0.717) is 5.56 Å². The molecule has 0 saturated heterocycles. The first-order valence-electron chi connectivity index (χ1n) is 14.1. The van der Waals surface area contributed by atoms with E-state index in [4.69, 9.17) is 0 Å². The Balaban J connectivity index is 1.49. The number of nitrogens with one attached hydrogen (secondary N) is 2. The molecule has 0 unspecified atom stereocenters. The fraction of sp³-hybridized carbons (Fsp3) is 0.265. The molecule has 0 radical (unpaired) electrons. The van der Waals surface area contributed by atoms with Crippen LogP contribution in [0.15, 0.2) is 120 Å². The van der Waals surface area contributed by atoms with Gasteiger partial charge in [-0.15, -0.1) is 0 Å². The van der Waals surface area contributed by atoms with Gasteiger partial charge in [-0.25, -0.2) is 8.42 Å². The zero-order valence-corrected chi connectivity index (χ0v) is 25.2. The molecule has 0 heterocycles. The van der Waals surface area contributed by atoms with Crippen LogP contribution in [0.2, 0.25) is 0 Å². The maximum Gasteiger partial charge on any atom is 0.245 e. The molecule has 1 aliphatic rings. The van der Waals surface area contributed by atoms with Gasteiger partial charge in [0.05, 0.1) is 4.90 Å². The first kappa shape index (κ1) is 29.2. The number of benzene rings is 4. The summed E-state index contributed by atoms with van der Waals surface area (Å²) in [7, 11) is -4.74. The van der Waals surface area contributed by atoms with Gasteiger partial charge < -0.3 is 5.32 Å². The highest BCUT2D eigenvalue weighted by atomic mass is 32.2. The number of hydrogen-bond donors (Lipinski definition) is 2. The minimum absolute atomic E-state index is 0.0883. The van der Waals surface area contributed by atoms with E-state index in [-0.39, 0.29) is 22.5 Å². The second kappa shape index (κ2) is 12.7. The van der Waals surface area contributed by atoms with Gasteiger partial charge in [-0.1, -0.05) is 122 Å². The Morgan fingerprint density at radius 2 is 1.27 bits per heavy atom. The van der Waals surface area contributed by atoms with Gasteiger partial charge >= 0.3 is 0 Å². The predicted octanol–water partition coefficient (Wildman–Crippen LogP) is 5.75. The number of hydrogen-bond acceptors (Lipinski definition) is 3. The van der Waals surface area contributed by atoms with E-state index >= 15 is 0 Å². The monoisotopic (exact) mass is 584 g/mol. The van der Waals surface area contributed by atoms with Crippen LogP contribution < -0.4 is 20.6 Å². The van der Waals surface area contributed by atoms with E-state index in [9.17, 15) is 13.2 Å². The van der Waals surface area contributed by atoms with Gasteiger partial charge in [0.2, 0.25) is 15.9 Å². The highest BCUT2D eigenvalue weighted by molar-refractivity contribution is 7.89. The largest absolute Gasteiger partial charge is 0.351 e. The minimum Gasteiger partial charge on any atom is -0.351 e. The van der Waals surface area contributed by atoms with Gasteiger partial charge in [-0.05, 0) is 62.9 Å². The summed E-state index contributed by atoms with van der Waals surface area (Å²) >= 11 is 0. The highest BCUT2D eigenvalue weighted by Gasteiger charge is 2.42. The van der Waals surface area contributed by atoms with Crippen LogP contribution in [0, 0.1) is 6.92 Å². The van der Waals surface area contributed by atoms with Crippen molar-refractivity contribution in [3.05, 3.63) is 126 Å². The molecule has 7 heteroatoms. The maximum atomic E-state index is 14.3. The van der Waals surface area contributed by atoms with E-state index in [1.807, 2.05) is 37.3 Å². The molecule has 0 bridgehead atoms. The third kappa shape index (κ3) is 6.62. The lowest BCUT2D eigenvalue weighted by Gasteiger charge is -2.40. The summed E-state index contributed by atoms with van der Waals surface area (Å²) in [6.07, 6.45) is 3.97. The molecular formula is C34H37N2O3PS. The van der Waals surface area contributed by atoms with Crippen molar-refractivity contribution >= 4 is 34.5 Å². The molecule has 4 aromatic carbocycles. The number of aryl methyl sites for hydroxylation is 1. The normalized spacial score (nSPS) is 18.9. The molecule has 1 saturated carbocycles. The smallest absolute Gasteiger partial charge is 0.245 e. The Bertz CT molecular complexity index is 1510. The summed E-state index contributed by atoms with van der Waals surface area (Å²) in [6.45, 7) is 3.57. The molecule has 5 rings (SSSR count). The zero-order valence-electron chi connectivity index (χ0n) is 23.5. The van der Waals surface area contributed by atoms with E-state index in [1.54, 1.807) is 43.3 Å². The van der Waals surface area contributed by atoms with Crippen molar-refractivity contribution in [2.75, 3.05) is 0 Å². The highest BCUT2D eigenvalue weighted by Crippen LogP contribution is 2.46. The van der Waals surface area contributed by atoms with Gasteiger partial charge in [0.15, 0.2) is 0 Å². The molecule has 1 amide bonds. The van der Waals surface area contributed by atoms with Crippen molar-refractivity contribution in [2.24, 2.45) is 0 Å². The molecule has 0 aromatic heterocycles. The molecule has 4 aromatic rings. The molecule has 0 aliphatic heterocycles. The van der Waals surface area contributed by atoms with Gasteiger partial charge in [0.25, 0.3) is 0 Å². The standard InChI is InChI=1S/C34H37N2O3PS/c1-26-22-24-30(25-23-26)41(38,39)36-34(2,27-14-6-3-7-15-27)33(37)35-31-20-12-13-21-32(31)40(28-16-8-4-9-17-28)29-18-10-5-11-19-29/h3-11,14-19,22-25,31-32,36H,12-13,20-21H2,1-2H3,(H,35,37)/t31-,32-,34+/m1/s1. The van der Waals surface area contributed by atoms with Crippen molar-refractivity contribution in [1.82, 2.24) is 10.0 Å². The Hall–Kier alpha value is -3.31. The lowest BCUT2D eigenvalue weighted by Crippen LogP contribution is -2.58. The summed E-state index contributed by atoms with van der Waals surface area (Å²) < 4.78 is 30.0. The van der Waals surface area contributed by atoms with Crippen LogP contribution in [0.4, 0.5) is 0 Å². The van der Waals surface area contributed by atoms with E-state index < -0.39 is 23.5 Å². The molecule has 212 valence electrons. The first-order chi connectivity index (χ1) is 19.8. The molecular weight excluding hydrogens is 547 g/mol. The summed E-state index contributed by atoms with van der Waals surface area (Å²) in [5.74, 6) is -0.340. The van der Waals surface area contributed by atoms with E-state index in [0.717, 1.165) is 31.2 Å². The molecule has 0 spiro atoms. The van der Waals surface area contributed by atoms with Gasteiger partial charge in [-0.2, -0.15) is 4.72 Å². The summed E-state index contributed by atoms with van der Waals surface area (Å²) in [6, 6.07) is 36.9. The number of sulfonamides is 1. The number of carbonyl (C=O) groups excluding carboxylic acids is 1. The summed E-state index contributed by atoms with van der Waals surface area (Å²) in [5, 5.41) is 5.93. The van der Waals surface area contributed by atoms with Crippen molar-refractivity contribution in [1.29, 1.82) is 0 Å². The van der Waals surface area contributed by atoms with Gasteiger partial charge in [0, 0.05) is 11.7 Å². The minimum atomic E-state index is -3.99. The average Bonchev–Trinajstić information content (AvgIpc) is 2.99. The van der Waals surface area contributed by atoms with Crippen LogP contribution in [0.25, 0.3) is 0 Å². The molecule has 1 aliphatic carbocycles. The Morgan fingerprint density at radius 1 is 0.756 bits per heavy atom. The molecule has 41 heavy (non-hydrogen) atoms. The van der Waals surface area contributed by atoms with Crippen molar-refractivity contribution in [3.63, 3.8) is 0 Å². The molecule has 3 atom stereocenters. The van der Waals surface area contributed by atoms with Gasteiger partial charge in [-0.3, -0.25) is 4.79 Å². The lowest BCUT2D eigenvalue weighted by molar-refractivity contribution is -0.127. The zero-order chi connectivity index (χ0) is 28.9. The Morgan fingerprint density at radius 3 is 1.83 bits per heavy atom. The summed E-state index contributed by atoms with van der Waals surface area (Å²) in [5.41, 5.74) is 0.272.